The van der Waals surface area contributed by atoms with Gasteiger partial charge in [0, 0.05) is 34.9 Å². The fourth-order valence-electron chi connectivity index (χ4n) is 2.07. The minimum atomic E-state index is -0.734. The Morgan fingerprint density at radius 1 is 1.45 bits per heavy atom. The fraction of sp³-hybridized carbons (Fsp3) is 0.538. The first kappa shape index (κ1) is 15.3. The summed E-state index contributed by atoms with van der Waals surface area (Å²) in [5.41, 5.74) is 0.233. The molecule has 2 N–H and O–H groups in total. The standard InChI is InChI=1S/C13H18ClN3O2S/c1-2-15-11-4-3-10(14)12(17-11)13(18)16-9-5-7-20(19)8-6-9/h3-4,9H,2,5-8H2,1H3,(H,15,17)(H,16,18). The van der Waals surface area contributed by atoms with Crippen LogP contribution >= 0.6 is 11.6 Å². The van der Waals surface area contributed by atoms with Crippen molar-refractivity contribution in [3.05, 3.63) is 22.8 Å². The summed E-state index contributed by atoms with van der Waals surface area (Å²) in [5, 5.41) is 6.30. The second-order valence-corrected chi connectivity index (χ2v) is 6.76. The average molecular weight is 316 g/mol. The molecule has 0 spiro atoms. The molecule has 0 radical (unpaired) electrons. The third-order valence-corrected chi connectivity index (χ3v) is 4.83. The lowest BCUT2D eigenvalue weighted by atomic mass is 10.1. The maximum Gasteiger partial charge on any atom is 0.271 e. The van der Waals surface area contributed by atoms with Gasteiger partial charge in [0.25, 0.3) is 5.91 Å². The molecule has 110 valence electrons. The largest absolute Gasteiger partial charge is 0.370 e. The number of amides is 1. The highest BCUT2D eigenvalue weighted by Crippen LogP contribution is 2.18. The van der Waals surface area contributed by atoms with Crippen LogP contribution in [0.3, 0.4) is 0 Å². The van der Waals surface area contributed by atoms with Gasteiger partial charge in [-0.05, 0) is 31.9 Å². The van der Waals surface area contributed by atoms with Crippen LogP contribution in [0.2, 0.25) is 5.02 Å². The fourth-order valence-corrected chi connectivity index (χ4v) is 3.56. The van der Waals surface area contributed by atoms with Crippen molar-refractivity contribution in [2.75, 3.05) is 23.4 Å². The van der Waals surface area contributed by atoms with E-state index in [9.17, 15) is 9.00 Å². The molecule has 0 bridgehead atoms. The molecule has 1 saturated heterocycles. The van der Waals surface area contributed by atoms with Gasteiger partial charge >= 0.3 is 0 Å². The smallest absolute Gasteiger partial charge is 0.271 e. The minimum absolute atomic E-state index is 0.0563. The lowest BCUT2D eigenvalue weighted by molar-refractivity contribution is 0.0930. The van der Waals surface area contributed by atoms with Crippen molar-refractivity contribution in [2.24, 2.45) is 0 Å². The molecule has 0 aliphatic carbocycles. The molecule has 2 rings (SSSR count). The average Bonchev–Trinajstić information content (AvgIpc) is 2.43. The van der Waals surface area contributed by atoms with Gasteiger partial charge in [0.15, 0.2) is 0 Å². The molecule has 1 aliphatic rings. The Labute approximate surface area is 126 Å². The van der Waals surface area contributed by atoms with Gasteiger partial charge in [-0.2, -0.15) is 0 Å². The van der Waals surface area contributed by atoms with Crippen LogP contribution in [0.1, 0.15) is 30.3 Å². The number of rotatable bonds is 4. The number of hydrogen-bond donors (Lipinski definition) is 2. The van der Waals surface area contributed by atoms with Gasteiger partial charge in [-0.15, -0.1) is 0 Å². The number of pyridine rings is 1. The normalized spacial score (nSPS) is 22.3. The van der Waals surface area contributed by atoms with Gasteiger partial charge in [-0.1, -0.05) is 11.6 Å². The molecular formula is C13H18ClN3O2S. The molecule has 20 heavy (non-hydrogen) atoms. The Morgan fingerprint density at radius 3 is 2.80 bits per heavy atom. The van der Waals surface area contributed by atoms with Crippen molar-refractivity contribution < 1.29 is 9.00 Å². The summed E-state index contributed by atoms with van der Waals surface area (Å²) >= 11 is 6.03. The number of aromatic nitrogens is 1. The van der Waals surface area contributed by atoms with Crippen molar-refractivity contribution in [1.82, 2.24) is 10.3 Å². The third kappa shape index (κ3) is 3.93. The molecule has 1 aromatic heterocycles. The molecule has 0 unspecified atom stereocenters. The number of nitrogens with one attached hydrogen (secondary N) is 2. The molecule has 0 saturated carbocycles. The topological polar surface area (TPSA) is 71.1 Å². The summed E-state index contributed by atoms with van der Waals surface area (Å²) in [6, 6.07) is 3.46. The first-order valence-electron chi connectivity index (χ1n) is 6.66. The lowest BCUT2D eigenvalue weighted by Crippen LogP contribution is -2.40. The van der Waals surface area contributed by atoms with E-state index in [1.165, 1.54) is 0 Å². The summed E-state index contributed by atoms with van der Waals surface area (Å²) in [4.78, 5) is 16.4. The number of nitrogens with zero attached hydrogens (tertiary/aromatic N) is 1. The Morgan fingerprint density at radius 2 is 2.15 bits per heavy atom. The first-order valence-corrected chi connectivity index (χ1v) is 8.53. The van der Waals surface area contributed by atoms with E-state index in [1.807, 2.05) is 6.92 Å². The zero-order valence-electron chi connectivity index (χ0n) is 11.3. The van der Waals surface area contributed by atoms with Crippen LogP contribution < -0.4 is 10.6 Å². The molecule has 1 amide bonds. The van der Waals surface area contributed by atoms with Crippen LogP contribution in [0.5, 0.6) is 0 Å². The molecule has 0 aromatic carbocycles. The predicted octanol–water partition coefficient (Wildman–Crippen LogP) is 1.81. The Bertz CT molecular complexity index is 514. The van der Waals surface area contributed by atoms with Crippen molar-refractivity contribution in [3.63, 3.8) is 0 Å². The Kier molecular flexibility index (Phi) is 5.37. The summed E-state index contributed by atoms with van der Waals surface area (Å²) in [7, 11) is -0.734. The predicted molar refractivity (Wildman–Crippen MR) is 81.8 cm³/mol. The zero-order valence-corrected chi connectivity index (χ0v) is 12.9. The Hall–Kier alpha value is -1.14. The van der Waals surface area contributed by atoms with E-state index in [0.717, 1.165) is 19.4 Å². The van der Waals surface area contributed by atoms with E-state index in [2.05, 4.69) is 15.6 Å². The molecule has 0 atom stereocenters. The summed E-state index contributed by atoms with van der Waals surface area (Å²) in [5.74, 6) is 1.65. The van der Waals surface area contributed by atoms with E-state index in [0.29, 0.717) is 22.3 Å². The summed E-state index contributed by atoms with van der Waals surface area (Å²) in [6.07, 6.45) is 1.48. The number of hydrogen-bond acceptors (Lipinski definition) is 4. The van der Waals surface area contributed by atoms with Crippen molar-refractivity contribution in [2.45, 2.75) is 25.8 Å². The number of anilines is 1. The van der Waals surface area contributed by atoms with Gasteiger partial charge in [0.2, 0.25) is 0 Å². The van der Waals surface area contributed by atoms with Crippen LogP contribution in [0.25, 0.3) is 0 Å². The second-order valence-electron chi connectivity index (χ2n) is 4.65. The van der Waals surface area contributed by atoms with Gasteiger partial charge in [-0.3, -0.25) is 9.00 Å². The number of carbonyl (C=O) groups is 1. The highest BCUT2D eigenvalue weighted by Gasteiger charge is 2.22. The molecule has 7 heteroatoms. The monoisotopic (exact) mass is 315 g/mol. The molecular weight excluding hydrogens is 298 g/mol. The minimum Gasteiger partial charge on any atom is -0.370 e. The van der Waals surface area contributed by atoms with Gasteiger partial charge in [0.05, 0.1) is 5.02 Å². The molecule has 1 aliphatic heterocycles. The first-order chi connectivity index (χ1) is 9.60. The van der Waals surface area contributed by atoms with E-state index < -0.39 is 10.8 Å². The second kappa shape index (κ2) is 7.04. The van der Waals surface area contributed by atoms with Crippen molar-refractivity contribution in [3.8, 4) is 0 Å². The van der Waals surface area contributed by atoms with Crippen molar-refractivity contribution in [1.29, 1.82) is 0 Å². The van der Waals surface area contributed by atoms with Gasteiger partial charge in [-0.25, -0.2) is 4.98 Å². The zero-order chi connectivity index (χ0) is 14.5. The highest BCUT2D eigenvalue weighted by atomic mass is 35.5. The maximum atomic E-state index is 12.2. The van der Waals surface area contributed by atoms with Gasteiger partial charge < -0.3 is 10.6 Å². The van der Waals surface area contributed by atoms with E-state index in [4.69, 9.17) is 11.6 Å². The quantitative estimate of drug-likeness (QED) is 0.889. The van der Waals surface area contributed by atoms with E-state index in [-0.39, 0.29) is 17.6 Å². The number of carbonyl (C=O) groups excluding carboxylic acids is 1. The molecule has 2 heterocycles. The third-order valence-electron chi connectivity index (χ3n) is 3.14. The van der Waals surface area contributed by atoms with Crippen molar-refractivity contribution >= 4 is 34.1 Å². The van der Waals surface area contributed by atoms with Crippen LogP contribution in [-0.2, 0) is 10.8 Å². The van der Waals surface area contributed by atoms with Crippen LogP contribution in [0.15, 0.2) is 12.1 Å². The van der Waals surface area contributed by atoms with E-state index in [1.54, 1.807) is 12.1 Å². The summed E-state index contributed by atoms with van der Waals surface area (Å²) in [6.45, 7) is 2.68. The van der Waals surface area contributed by atoms with E-state index >= 15 is 0 Å². The van der Waals surface area contributed by atoms with Gasteiger partial charge in [0.1, 0.15) is 11.5 Å². The van der Waals surface area contributed by atoms with Crippen LogP contribution in [0.4, 0.5) is 5.82 Å². The highest BCUT2D eigenvalue weighted by molar-refractivity contribution is 7.85. The lowest BCUT2D eigenvalue weighted by Gasteiger charge is -2.22. The van der Waals surface area contributed by atoms with Crippen LogP contribution in [0, 0.1) is 0 Å². The maximum absolute atomic E-state index is 12.2. The molecule has 1 fully saturated rings. The molecule has 5 nitrogen and oxygen atoms in total. The Balaban J connectivity index is 2.04. The molecule has 1 aromatic rings. The SMILES string of the molecule is CCNc1ccc(Cl)c(C(=O)NC2CCS(=O)CC2)n1. The number of halogens is 1. The van der Waals surface area contributed by atoms with Crippen LogP contribution in [-0.4, -0.2) is 39.2 Å². The summed E-state index contributed by atoms with van der Waals surface area (Å²) < 4.78 is 11.3.